The maximum absolute atomic E-state index is 3.33. The van der Waals surface area contributed by atoms with Gasteiger partial charge in [-0.15, -0.1) is 0 Å². The average Bonchev–Trinajstić information content (AvgIpc) is 3.09. The molecule has 0 unspecified atom stereocenters. The second-order valence-corrected chi connectivity index (χ2v) is 14.2. The van der Waals surface area contributed by atoms with Crippen molar-refractivity contribution in [3.05, 3.63) is 177 Å². The summed E-state index contributed by atoms with van der Waals surface area (Å²) in [4.78, 5) is 7.85. The molecule has 232 valence electrons. The minimum absolute atomic E-state index is 0.930. The summed E-state index contributed by atoms with van der Waals surface area (Å²) < 4.78 is 0. The molecule has 48 heavy (non-hydrogen) atoms. The van der Waals surface area contributed by atoms with Crippen LogP contribution in [0.25, 0.3) is 32.3 Å². The Kier molecular flexibility index (Phi) is 6.62. The third-order valence-corrected chi connectivity index (χ3v) is 10.8. The minimum Gasteiger partial charge on any atom is -0.291 e. The number of benzene rings is 6. The van der Waals surface area contributed by atoms with Gasteiger partial charge in [0, 0.05) is 64.3 Å². The SMILES string of the molecule is c1cc2c3c(cccc3c#1)CN(Cc1cc(CN3Cc4cccc5cccc(c45)C3)cc(CN3Cc4cccc5cccc(c45)C3)c1)C2. The standard InChI is InChI=1S/C45H37N3/c1-7-34-8-2-14-38-26-46(25-37(13-1)43(34)38)22-31-19-32(23-47-27-39-15-3-9-35-10-4-16-40(28-47)44(35)39)21-33(20-31)24-48-29-41-17-5-11-36-12-6-18-42(30-48)45(36)41/h1-5,7-11,13-21H,22-30H2. The molecule has 3 aliphatic rings. The van der Waals surface area contributed by atoms with Gasteiger partial charge in [-0.2, -0.15) is 0 Å². The Morgan fingerprint density at radius 3 is 1.23 bits per heavy atom. The van der Waals surface area contributed by atoms with Gasteiger partial charge in [-0.1, -0.05) is 115 Å². The first-order valence-electron chi connectivity index (χ1n) is 17.3. The molecule has 3 aliphatic heterocycles. The number of nitrogens with zero attached hydrogens (tertiary/aromatic N) is 3. The van der Waals surface area contributed by atoms with Gasteiger partial charge in [-0.3, -0.25) is 14.7 Å². The lowest BCUT2D eigenvalue weighted by atomic mass is 9.94. The Hall–Kier alpha value is -4.98. The van der Waals surface area contributed by atoms with E-state index in [0.717, 1.165) is 58.9 Å². The molecule has 0 N–H and O–H groups in total. The van der Waals surface area contributed by atoms with Crippen LogP contribution < -0.4 is 0 Å². The molecule has 7 aromatic carbocycles. The highest BCUT2D eigenvalue weighted by Gasteiger charge is 2.23. The fourth-order valence-corrected chi connectivity index (χ4v) is 8.98. The van der Waals surface area contributed by atoms with Crippen molar-refractivity contribution in [2.75, 3.05) is 0 Å². The zero-order chi connectivity index (χ0) is 31.6. The summed E-state index contributed by atoms with van der Waals surface area (Å²) in [5.74, 6) is 0. The molecule has 7 aromatic rings. The predicted octanol–water partition coefficient (Wildman–Crippen LogP) is 9.29. The highest BCUT2D eigenvalue weighted by atomic mass is 15.1. The first-order valence-corrected chi connectivity index (χ1v) is 17.3. The molecule has 0 atom stereocenters. The number of hydrogen-bond donors (Lipinski definition) is 0. The van der Waals surface area contributed by atoms with Crippen LogP contribution in [0, 0.1) is 12.1 Å². The van der Waals surface area contributed by atoms with Crippen LogP contribution in [0.1, 0.15) is 50.1 Å². The van der Waals surface area contributed by atoms with Gasteiger partial charge in [0.15, 0.2) is 0 Å². The lowest BCUT2D eigenvalue weighted by Gasteiger charge is -2.31. The Bertz CT molecular complexity index is 1970. The van der Waals surface area contributed by atoms with Crippen molar-refractivity contribution in [3.8, 4) is 0 Å². The molecule has 0 saturated heterocycles. The van der Waals surface area contributed by atoms with Gasteiger partial charge in [0.25, 0.3) is 0 Å². The van der Waals surface area contributed by atoms with Gasteiger partial charge in [0.05, 0.1) is 0 Å². The molecule has 0 aliphatic carbocycles. The molecule has 0 aromatic heterocycles. The Balaban J connectivity index is 0.962. The summed E-state index contributed by atoms with van der Waals surface area (Å²) in [6.45, 7) is 8.67. The zero-order valence-corrected chi connectivity index (χ0v) is 27.2. The van der Waals surface area contributed by atoms with Crippen LogP contribution in [0.15, 0.2) is 115 Å². The van der Waals surface area contributed by atoms with Gasteiger partial charge in [0.2, 0.25) is 0 Å². The second kappa shape index (κ2) is 11.3. The third-order valence-electron chi connectivity index (χ3n) is 10.8. The number of rotatable bonds is 6. The van der Waals surface area contributed by atoms with E-state index in [1.807, 2.05) is 0 Å². The first-order chi connectivity index (χ1) is 23.7. The Morgan fingerprint density at radius 1 is 0.417 bits per heavy atom. The van der Waals surface area contributed by atoms with E-state index in [1.165, 1.54) is 82.4 Å². The van der Waals surface area contributed by atoms with Crippen molar-refractivity contribution in [2.45, 2.75) is 58.9 Å². The fourth-order valence-electron chi connectivity index (χ4n) is 8.98. The maximum atomic E-state index is 3.33. The third kappa shape index (κ3) is 4.97. The van der Waals surface area contributed by atoms with Crippen molar-refractivity contribution in [3.63, 3.8) is 0 Å². The van der Waals surface area contributed by atoms with Crippen molar-refractivity contribution in [1.82, 2.24) is 14.7 Å². The lowest BCUT2D eigenvalue weighted by Crippen LogP contribution is -2.28. The van der Waals surface area contributed by atoms with E-state index in [9.17, 15) is 0 Å². The van der Waals surface area contributed by atoms with E-state index in [4.69, 9.17) is 0 Å². The van der Waals surface area contributed by atoms with Crippen LogP contribution in [0.5, 0.6) is 0 Å². The monoisotopic (exact) mass is 619 g/mol. The molecule has 0 amide bonds. The van der Waals surface area contributed by atoms with Crippen LogP contribution in [0.3, 0.4) is 0 Å². The van der Waals surface area contributed by atoms with Crippen LogP contribution >= 0.6 is 0 Å². The normalized spacial score (nSPS) is 16.1. The second-order valence-electron chi connectivity index (χ2n) is 14.2. The van der Waals surface area contributed by atoms with Gasteiger partial charge in [-0.05, 0) is 89.1 Å². The summed E-state index contributed by atoms with van der Waals surface area (Å²) in [7, 11) is 0. The largest absolute Gasteiger partial charge is 0.291 e. The van der Waals surface area contributed by atoms with Gasteiger partial charge < -0.3 is 0 Å². The molecule has 0 spiro atoms. The highest BCUT2D eigenvalue weighted by molar-refractivity contribution is 5.90. The molecular formula is C45H37N3. The average molecular weight is 620 g/mol. The predicted molar refractivity (Wildman–Crippen MR) is 195 cm³/mol. The van der Waals surface area contributed by atoms with E-state index in [0.29, 0.717) is 0 Å². The van der Waals surface area contributed by atoms with Crippen LogP contribution in [-0.2, 0) is 58.9 Å². The van der Waals surface area contributed by atoms with Gasteiger partial charge in [0.1, 0.15) is 0 Å². The molecule has 3 nitrogen and oxygen atoms in total. The van der Waals surface area contributed by atoms with Crippen LogP contribution in [-0.4, -0.2) is 14.7 Å². The zero-order valence-electron chi connectivity index (χ0n) is 27.2. The molecule has 0 saturated carbocycles. The quantitative estimate of drug-likeness (QED) is 0.184. The van der Waals surface area contributed by atoms with E-state index in [2.05, 4.69) is 142 Å². The van der Waals surface area contributed by atoms with Crippen molar-refractivity contribution >= 4 is 32.3 Å². The Morgan fingerprint density at radius 2 is 0.792 bits per heavy atom. The summed E-state index contributed by atoms with van der Waals surface area (Å²) in [5.41, 5.74) is 12.8. The maximum Gasteiger partial charge on any atom is 0.0328 e. The van der Waals surface area contributed by atoms with E-state index in [-0.39, 0.29) is 0 Å². The van der Waals surface area contributed by atoms with Gasteiger partial charge >= 0.3 is 0 Å². The van der Waals surface area contributed by atoms with Gasteiger partial charge in [-0.25, -0.2) is 0 Å². The summed E-state index contributed by atoms with van der Waals surface area (Å²) >= 11 is 0. The topological polar surface area (TPSA) is 9.72 Å². The van der Waals surface area contributed by atoms with E-state index < -0.39 is 0 Å². The number of hydrogen-bond acceptors (Lipinski definition) is 3. The summed E-state index contributed by atoms with van der Waals surface area (Å²) in [6.07, 6.45) is 0. The molecule has 0 radical (unpaired) electrons. The lowest BCUT2D eigenvalue weighted by molar-refractivity contribution is 0.235. The fraction of sp³-hybridized carbons (Fsp3) is 0.200. The molecular weight excluding hydrogens is 583 g/mol. The molecule has 3 heteroatoms. The smallest absolute Gasteiger partial charge is 0.0328 e. The summed E-state index contributed by atoms with van der Waals surface area (Å²) in [5, 5.41) is 8.21. The molecule has 0 bridgehead atoms. The first kappa shape index (κ1) is 28.1. The molecule has 0 fully saturated rings. The van der Waals surface area contributed by atoms with Crippen LogP contribution in [0.4, 0.5) is 0 Å². The Labute approximate surface area is 282 Å². The molecule has 3 heterocycles. The van der Waals surface area contributed by atoms with Crippen molar-refractivity contribution in [2.24, 2.45) is 0 Å². The van der Waals surface area contributed by atoms with Crippen LogP contribution in [0.2, 0.25) is 0 Å². The minimum atomic E-state index is 0.930. The van der Waals surface area contributed by atoms with Crippen molar-refractivity contribution in [1.29, 1.82) is 0 Å². The molecule has 10 rings (SSSR count). The van der Waals surface area contributed by atoms with E-state index >= 15 is 0 Å². The van der Waals surface area contributed by atoms with E-state index in [1.54, 1.807) is 0 Å². The summed E-state index contributed by atoms with van der Waals surface area (Å²) in [6, 6.07) is 50.0. The van der Waals surface area contributed by atoms with Crippen molar-refractivity contribution < 1.29 is 0 Å². The highest BCUT2D eigenvalue weighted by Crippen LogP contribution is 2.34.